The summed E-state index contributed by atoms with van der Waals surface area (Å²) in [5.41, 5.74) is 7.19. The Morgan fingerprint density at radius 3 is 2.72 bits per heavy atom. The highest BCUT2D eigenvalue weighted by atomic mass is 16.5. The standard InChI is InChI=1S/C14H20N2O2/c1-2-3-11-4-6-12(7-5-11)16-13(17)14(15)8-9-18-10-14/h4-7H,2-3,8-10,15H2,1H3,(H,16,17). The second-order valence-electron chi connectivity index (χ2n) is 4.86. The van der Waals surface area contributed by atoms with Crippen molar-refractivity contribution in [1.82, 2.24) is 0 Å². The minimum absolute atomic E-state index is 0.164. The average Bonchev–Trinajstić information content (AvgIpc) is 2.80. The van der Waals surface area contributed by atoms with Crippen molar-refractivity contribution in [1.29, 1.82) is 0 Å². The number of carbonyl (C=O) groups is 1. The molecule has 4 nitrogen and oxygen atoms in total. The number of rotatable bonds is 4. The Morgan fingerprint density at radius 1 is 1.44 bits per heavy atom. The molecule has 0 saturated carbocycles. The topological polar surface area (TPSA) is 64.4 Å². The van der Waals surface area contributed by atoms with Crippen molar-refractivity contribution in [3.63, 3.8) is 0 Å². The van der Waals surface area contributed by atoms with E-state index < -0.39 is 5.54 Å². The quantitative estimate of drug-likeness (QED) is 0.852. The van der Waals surface area contributed by atoms with Gasteiger partial charge in [0.25, 0.3) is 0 Å². The molecule has 98 valence electrons. The molecule has 0 aliphatic carbocycles. The van der Waals surface area contributed by atoms with E-state index in [4.69, 9.17) is 10.5 Å². The highest BCUT2D eigenvalue weighted by Gasteiger charge is 2.38. The van der Waals surface area contributed by atoms with Crippen LogP contribution in [-0.4, -0.2) is 24.7 Å². The van der Waals surface area contributed by atoms with E-state index in [9.17, 15) is 4.79 Å². The summed E-state index contributed by atoms with van der Waals surface area (Å²) in [4.78, 5) is 12.0. The zero-order valence-electron chi connectivity index (χ0n) is 10.7. The van der Waals surface area contributed by atoms with Crippen LogP contribution in [0.4, 0.5) is 5.69 Å². The maximum Gasteiger partial charge on any atom is 0.246 e. The molecule has 1 heterocycles. The van der Waals surface area contributed by atoms with Gasteiger partial charge in [0.15, 0.2) is 0 Å². The molecular formula is C14H20N2O2. The van der Waals surface area contributed by atoms with Gasteiger partial charge in [0.2, 0.25) is 5.91 Å². The number of anilines is 1. The molecule has 18 heavy (non-hydrogen) atoms. The summed E-state index contributed by atoms with van der Waals surface area (Å²) >= 11 is 0. The highest BCUT2D eigenvalue weighted by molar-refractivity contribution is 5.98. The van der Waals surface area contributed by atoms with Crippen LogP contribution in [-0.2, 0) is 16.0 Å². The summed E-state index contributed by atoms with van der Waals surface area (Å²) in [6, 6.07) is 7.91. The lowest BCUT2D eigenvalue weighted by Gasteiger charge is -2.20. The van der Waals surface area contributed by atoms with Gasteiger partial charge in [-0.15, -0.1) is 0 Å². The fourth-order valence-corrected chi connectivity index (χ4v) is 2.06. The molecule has 1 aromatic rings. The third-order valence-electron chi connectivity index (χ3n) is 3.25. The monoisotopic (exact) mass is 248 g/mol. The molecule has 0 spiro atoms. The minimum Gasteiger partial charge on any atom is -0.379 e. The molecule has 2 rings (SSSR count). The van der Waals surface area contributed by atoms with Gasteiger partial charge in [-0.05, 0) is 30.5 Å². The number of nitrogens with one attached hydrogen (secondary N) is 1. The first-order valence-electron chi connectivity index (χ1n) is 6.41. The lowest BCUT2D eigenvalue weighted by Crippen LogP contribution is -2.51. The molecule has 0 radical (unpaired) electrons. The minimum atomic E-state index is -0.873. The Bertz CT molecular complexity index is 408. The molecule has 0 bridgehead atoms. The summed E-state index contributed by atoms with van der Waals surface area (Å²) < 4.78 is 5.18. The van der Waals surface area contributed by atoms with Crippen molar-refractivity contribution in [2.45, 2.75) is 31.7 Å². The molecule has 1 atom stereocenters. The molecular weight excluding hydrogens is 228 g/mol. The van der Waals surface area contributed by atoms with Gasteiger partial charge in [-0.3, -0.25) is 4.79 Å². The van der Waals surface area contributed by atoms with Crippen LogP contribution in [0.2, 0.25) is 0 Å². The van der Waals surface area contributed by atoms with E-state index in [-0.39, 0.29) is 5.91 Å². The fraction of sp³-hybridized carbons (Fsp3) is 0.500. The Kier molecular flexibility index (Phi) is 3.99. The number of benzene rings is 1. The number of ether oxygens (including phenoxy) is 1. The van der Waals surface area contributed by atoms with E-state index in [0.29, 0.717) is 19.6 Å². The van der Waals surface area contributed by atoms with Crippen LogP contribution in [0.15, 0.2) is 24.3 Å². The van der Waals surface area contributed by atoms with Crippen LogP contribution in [0.25, 0.3) is 0 Å². The first-order chi connectivity index (χ1) is 8.64. The number of amides is 1. The molecule has 3 N–H and O–H groups in total. The van der Waals surface area contributed by atoms with Crippen LogP contribution in [0.3, 0.4) is 0 Å². The molecule has 4 heteroatoms. The van der Waals surface area contributed by atoms with Crippen LogP contribution >= 0.6 is 0 Å². The molecule has 1 amide bonds. The normalized spacial score (nSPS) is 23.0. The second kappa shape index (κ2) is 5.50. The van der Waals surface area contributed by atoms with Crippen molar-refractivity contribution in [3.8, 4) is 0 Å². The molecule has 1 unspecified atom stereocenters. The number of carbonyl (C=O) groups excluding carboxylic acids is 1. The molecule has 1 aromatic carbocycles. The molecule has 1 saturated heterocycles. The third kappa shape index (κ3) is 2.89. The van der Waals surface area contributed by atoms with Gasteiger partial charge in [0.05, 0.1) is 6.61 Å². The van der Waals surface area contributed by atoms with Gasteiger partial charge in [-0.2, -0.15) is 0 Å². The van der Waals surface area contributed by atoms with E-state index in [2.05, 4.69) is 12.2 Å². The zero-order valence-corrected chi connectivity index (χ0v) is 10.7. The van der Waals surface area contributed by atoms with Crippen LogP contribution in [0.1, 0.15) is 25.3 Å². The highest BCUT2D eigenvalue weighted by Crippen LogP contribution is 2.19. The van der Waals surface area contributed by atoms with Crippen molar-refractivity contribution in [2.24, 2.45) is 5.73 Å². The van der Waals surface area contributed by atoms with E-state index >= 15 is 0 Å². The number of nitrogens with two attached hydrogens (primary N) is 1. The smallest absolute Gasteiger partial charge is 0.246 e. The summed E-state index contributed by atoms with van der Waals surface area (Å²) in [5, 5.41) is 2.85. The summed E-state index contributed by atoms with van der Waals surface area (Å²) in [5.74, 6) is -0.164. The number of aryl methyl sites for hydroxylation is 1. The maximum absolute atomic E-state index is 12.0. The molecule has 1 aliphatic heterocycles. The van der Waals surface area contributed by atoms with E-state index in [1.807, 2.05) is 24.3 Å². The Balaban J connectivity index is 1.98. The zero-order chi connectivity index (χ0) is 13.0. The first-order valence-corrected chi connectivity index (χ1v) is 6.41. The van der Waals surface area contributed by atoms with E-state index in [0.717, 1.165) is 18.5 Å². The van der Waals surface area contributed by atoms with Crippen LogP contribution in [0.5, 0.6) is 0 Å². The van der Waals surface area contributed by atoms with Crippen molar-refractivity contribution < 1.29 is 9.53 Å². The van der Waals surface area contributed by atoms with Gasteiger partial charge in [0.1, 0.15) is 5.54 Å². The maximum atomic E-state index is 12.0. The van der Waals surface area contributed by atoms with E-state index in [1.165, 1.54) is 5.56 Å². The summed E-state index contributed by atoms with van der Waals surface area (Å²) in [6.45, 7) is 3.00. The Hall–Kier alpha value is -1.39. The van der Waals surface area contributed by atoms with Gasteiger partial charge < -0.3 is 15.8 Å². The van der Waals surface area contributed by atoms with Gasteiger partial charge in [-0.1, -0.05) is 25.5 Å². The van der Waals surface area contributed by atoms with Gasteiger partial charge in [-0.25, -0.2) is 0 Å². The lowest BCUT2D eigenvalue weighted by molar-refractivity contribution is -0.121. The van der Waals surface area contributed by atoms with Crippen molar-refractivity contribution >= 4 is 11.6 Å². The summed E-state index contributed by atoms with van der Waals surface area (Å²) in [6.07, 6.45) is 2.75. The predicted octanol–water partition coefficient (Wildman–Crippen LogP) is 1.70. The predicted molar refractivity (Wildman–Crippen MR) is 71.4 cm³/mol. The molecule has 1 fully saturated rings. The lowest BCUT2D eigenvalue weighted by atomic mass is 9.99. The van der Waals surface area contributed by atoms with E-state index in [1.54, 1.807) is 0 Å². The fourth-order valence-electron chi connectivity index (χ4n) is 2.06. The second-order valence-corrected chi connectivity index (χ2v) is 4.86. The Labute approximate surface area is 108 Å². The van der Waals surface area contributed by atoms with Crippen LogP contribution in [0, 0.1) is 0 Å². The van der Waals surface area contributed by atoms with Crippen LogP contribution < -0.4 is 11.1 Å². The van der Waals surface area contributed by atoms with Crippen molar-refractivity contribution in [3.05, 3.63) is 29.8 Å². The Morgan fingerprint density at radius 2 is 2.17 bits per heavy atom. The third-order valence-corrected chi connectivity index (χ3v) is 3.25. The molecule has 0 aromatic heterocycles. The largest absolute Gasteiger partial charge is 0.379 e. The number of hydrogen-bond acceptors (Lipinski definition) is 3. The van der Waals surface area contributed by atoms with Crippen molar-refractivity contribution in [2.75, 3.05) is 18.5 Å². The SMILES string of the molecule is CCCc1ccc(NC(=O)C2(N)CCOC2)cc1. The average molecular weight is 248 g/mol. The van der Waals surface area contributed by atoms with Gasteiger partial charge in [0, 0.05) is 12.3 Å². The molecule has 1 aliphatic rings. The van der Waals surface area contributed by atoms with Gasteiger partial charge >= 0.3 is 0 Å². The summed E-state index contributed by atoms with van der Waals surface area (Å²) in [7, 11) is 0. The first kappa shape index (κ1) is 13.1. The number of hydrogen-bond donors (Lipinski definition) is 2.